The summed E-state index contributed by atoms with van der Waals surface area (Å²) in [6.45, 7) is 5.17. The molecule has 1 fully saturated rings. The molecule has 6 nitrogen and oxygen atoms in total. The number of aliphatic carboxylic acids is 1. The predicted molar refractivity (Wildman–Crippen MR) is 73.1 cm³/mol. The lowest BCUT2D eigenvalue weighted by atomic mass is 9.99. The second kappa shape index (κ2) is 7.99. The molecule has 1 saturated carbocycles. The number of carboxylic acids is 1. The maximum atomic E-state index is 11.6. The summed E-state index contributed by atoms with van der Waals surface area (Å²) >= 11 is 0. The fourth-order valence-corrected chi connectivity index (χ4v) is 1.76. The average Bonchev–Trinajstić information content (AvgIpc) is 3.18. The van der Waals surface area contributed by atoms with Gasteiger partial charge in [0.2, 0.25) is 0 Å². The highest BCUT2D eigenvalue weighted by atomic mass is 16.4. The Morgan fingerprint density at radius 2 is 2.00 bits per heavy atom. The van der Waals surface area contributed by atoms with E-state index in [0.717, 1.165) is 13.0 Å². The van der Waals surface area contributed by atoms with Crippen LogP contribution in [-0.4, -0.2) is 42.3 Å². The second-order valence-corrected chi connectivity index (χ2v) is 5.18. The van der Waals surface area contributed by atoms with Crippen molar-refractivity contribution in [3.63, 3.8) is 0 Å². The first kappa shape index (κ1) is 15.8. The quantitative estimate of drug-likeness (QED) is 0.470. The molecule has 2 unspecified atom stereocenters. The molecule has 0 aliphatic heterocycles. The fraction of sp³-hybridized carbons (Fsp3) is 0.846. The van der Waals surface area contributed by atoms with E-state index in [2.05, 4.69) is 16.0 Å². The fourth-order valence-electron chi connectivity index (χ4n) is 1.76. The zero-order valence-corrected chi connectivity index (χ0v) is 11.7. The van der Waals surface area contributed by atoms with Crippen LogP contribution in [0.5, 0.6) is 0 Å². The summed E-state index contributed by atoms with van der Waals surface area (Å²) in [5.41, 5.74) is 0. The predicted octanol–water partition coefficient (Wildman–Crippen LogP) is 0.927. The Hall–Kier alpha value is -1.30. The lowest BCUT2D eigenvalue weighted by Crippen LogP contribution is -2.49. The average molecular weight is 271 g/mol. The van der Waals surface area contributed by atoms with Gasteiger partial charge in [0.15, 0.2) is 0 Å². The summed E-state index contributed by atoms with van der Waals surface area (Å²) in [5, 5.41) is 17.6. The first-order valence-electron chi connectivity index (χ1n) is 7.05. The zero-order valence-electron chi connectivity index (χ0n) is 11.7. The molecule has 1 aliphatic rings. The van der Waals surface area contributed by atoms with Crippen LogP contribution in [0, 0.1) is 5.92 Å². The molecule has 1 aliphatic carbocycles. The summed E-state index contributed by atoms with van der Waals surface area (Å²) in [6, 6.07) is -0.552. The minimum Gasteiger partial charge on any atom is -0.480 e. The number of amides is 2. The Bertz CT molecular complexity index is 306. The number of hydrogen-bond donors (Lipinski definition) is 4. The van der Waals surface area contributed by atoms with E-state index in [-0.39, 0.29) is 5.92 Å². The van der Waals surface area contributed by atoms with Crippen LogP contribution in [0.4, 0.5) is 4.79 Å². The number of nitrogens with one attached hydrogen (secondary N) is 3. The van der Waals surface area contributed by atoms with Gasteiger partial charge in [0.25, 0.3) is 0 Å². The van der Waals surface area contributed by atoms with Crippen LogP contribution < -0.4 is 16.0 Å². The Morgan fingerprint density at radius 1 is 1.32 bits per heavy atom. The number of urea groups is 1. The summed E-state index contributed by atoms with van der Waals surface area (Å²) in [6.07, 6.45) is 4.07. The van der Waals surface area contributed by atoms with Gasteiger partial charge < -0.3 is 21.1 Å². The first-order valence-corrected chi connectivity index (χ1v) is 7.05. The normalized spacial score (nSPS) is 17.6. The van der Waals surface area contributed by atoms with Gasteiger partial charge in [-0.2, -0.15) is 0 Å². The molecule has 19 heavy (non-hydrogen) atoms. The Morgan fingerprint density at radius 3 is 2.53 bits per heavy atom. The van der Waals surface area contributed by atoms with Crippen molar-refractivity contribution < 1.29 is 14.7 Å². The van der Waals surface area contributed by atoms with Crippen LogP contribution in [-0.2, 0) is 4.79 Å². The van der Waals surface area contributed by atoms with E-state index in [1.165, 1.54) is 12.8 Å². The standard InChI is InChI=1S/C13H25N3O3/c1-3-9(2)11(12(17)18)16-13(19)15-8-4-7-14-10-5-6-10/h9-11,14H,3-8H2,1-2H3,(H,17,18)(H2,15,16,19). The number of hydrogen-bond acceptors (Lipinski definition) is 3. The molecular formula is C13H25N3O3. The Labute approximate surface area is 114 Å². The van der Waals surface area contributed by atoms with Gasteiger partial charge in [0.05, 0.1) is 0 Å². The van der Waals surface area contributed by atoms with Gasteiger partial charge in [0, 0.05) is 12.6 Å². The first-order chi connectivity index (χ1) is 9.04. The third-order valence-electron chi connectivity index (χ3n) is 3.42. The van der Waals surface area contributed by atoms with E-state index < -0.39 is 18.0 Å². The highest BCUT2D eigenvalue weighted by Gasteiger charge is 2.25. The van der Waals surface area contributed by atoms with E-state index in [4.69, 9.17) is 5.11 Å². The van der Waals surface area contributed by atoms with Crippen LogP contribution in [0.15, 0.2) is 0 Å². The van der Waals surface area contributed by atoms with E-state index in [0.29, 0.717) is 19.0 Å². The van der Waals surface area contributed by atoms with Crippen molar-refractivity contribution in [1.82, 2.24) is 16.0 Å². The van der Waals surface area contributed by atoms with Crippen molar-refractivity contribution in [2.45, 2.75) is 51.6 Å². The molecule has 0 saturated heterocycles. The molecule has 0 aromatic heterocycles. The lowest BCUT2D eigenvalue weighted by molar-refractivity contribution is -0.140. The molecule has 0 aromatic carbocycles. The van der Waals surface area contributed by atoms with Gasteiger partial charge in [-0.3, -0.25) is 0 Å². The van der Waals surface area contributed by atoms with Crippen molar-refractivity contribution in [3.05, 3.63) is 0 Å². The minimum atomic E-state index is -0.986. The van der Waals surface area contributed by atoms with Crippen molar-refractivity contribution in [2.24, 2.45) is 5.92 Å². The zero-order chi connectivity index (χ0) is 14.3. The van der Waals surface area contributed by atoms with E-state index >= 15 is 0 Å². The number of carbonyl (C=O) groups excluding carboxylic acids is 1. The Kier molecular flexibility index (Phi) is 6.62. The molecule has 0 radical (unpaired) electrons. The maximum Gasteiger partial charge on any atom is 0.326 e. The number of carbonyl (C=O) groups is 2. The van der Waals surface area contributed by atoms with Crippen LogP contribution in [0.1, 0.15) is 39.5 Å². The van der Waals surface area contributed by atoms with Crippen LogP contribution in [0.25, 0.3) is 0 Å². The summed E-state index contributed by atoms with van der Waals surface area (Å²) in [7, 11) is 0. The molecule has 0 spiro atoms. The molecule has 2 atom stereocenters. The monoisotopic (exact) mass is 271 g/mol. The summed E-state index contributed by atoms with van der Waals surface area (Å²) in [4.78, 5) is 22.6. The number of carboxylic acid groups (broad SMARTS) is 1. The molecule has 0 heterocycles. The van der Waals surface area contributed by atoms with Gasteiger partial charge in [-0.15, -0.1) is 0 Å². The summed E-state index contributed by atoms with van der Waals surface area (Å²) < 4.78 is 0. The second-order valence-electron chi connectivity index (χ2n) is 5.18. The van der Waals surface area contributed by atoms with Gasteiger partial charge in [-0.1, -0.05) is 20.3 Å². The van der Waals surface area contributed by atoms with Crippen molar-refractivity contribution >= 4 is 12.0 Å². The molecule has 4 N–H and O–H groups in total. The molecule has 0 aromatic rings. The maximum absolute atomic E-state index is 11.6. The smallest absolute Gasteiger partial charge is 0.326 e. The molecule has 110 valence electrons. The van der Waals surface area contributed by atoms with Crippen molar-refractivity contribution in [3.8, 4) is 0 Å². The number of rotatable bonds is 9. The van der Waals surface area contributed by atoms with Crippen molar-refractivity contribution in [2.75, 3.05) is 13.1 Å². The molecule has 6 heteroatoms. The van der Waals surface area contributed by atoms with Crippen LogP contribution >= 0.6 is 0 Å². The van der Waals surface area contributed by atoms with Gasteiger partial charge in [-0.25, -0.2) is 9.59 Å². The van der Waals surface area contributed by atoms with Crippen LogP contribution in [0.2, 0.25) is 0 Å². The third-order valence-corrected chi connectivity index (χ3v) is 3.42. The van der Waals surface area contributed by atoms with E-state index in [9.17, 15) is 9.59 Å². The highest BCUT2D eigenvalue weighted by molar-refractivity contribution is 5.82. The van der Waals surface area contributed by atoms with Gasteiger partial charge >= 0.3 is 12.0 Å². The third kappa shape index (κ3) is 6.42. The lowest BCUT2D eigenvalue weighted by Gasteiger charge is -2.20. The highest BCUT2D eigenvalue weighted by Crippen LogP contribution is 2.18. The molecule has 2 amide bonds. The van der Waals surface area contributed by atoms with Crippen LogP contribution in [0.3, 0.4) is 0 Å². The summed E-state index contributed by atoms with van der Waals surface area (Å²) in [5.74, 6) is -1.07. The van der Waals surface area contributed by atoms with E-state index in [1.807, 2.05) is 13.8 Å². The van der Waals surface area contributed by atoms with Gasteiger partial charge in [0.1, 0.15) is 6.04 Å². The topological polar surface area (TPSA) is 90.5 Å². The largest absolute Gasteiger partial charge is 0.480 e. The molecular weight excluding hydrogens is 246 g/mol. The van der Waals surface area contributed by atoms with Gasteiger partial charge in [-0.05, 0) is 31.7 Å². The minimum absolute atomic E-state index is 0.0835. The van der Waals surface area contributed by atoms with Crippen molar-refractivity contribution in [1.29, 1.82) is 0 Å². The Balaban J connectivity index is 2.14. The molecule has 0 bridgehead atoms. The molecule has 1 rings (SSSR count). The SMILES string of the molecule is CCC(C)C(NC(=O)NCCCNC1CC1)C(=O)O. The van der Waals surface area contributed by atoms with E-state index in [1.54, 1.807) is 0 Å².